The molecule has 3 aromatic rings. The summed E-state index contributed by atoms with van der Waals surface area (Å²) in [7, 11) is 0. The van der Waals surface area contributed by atoms with Gasteiger partial charge in [-0.25, -0.2) is 0 Å². The van der Waals surface area contributed by atoms with Gasteiger partial charge in [-0.3, -0.25) is 9.78 Å². The molecule has 0 aliphatic carbocycles. The predicted molar refractivity (Wildman–Crippen MR) is 89.1 cm³/mol. The molecule has 20 heavy (non-hydrogen) atoms. The van der Waals surface area contributed by atoms with E-state index in [9.17, 15) is 4.79 Å². The highest BCUT2D eigenvalue weighted by Gasteiger charge is 2.09. The van der Waals surface area contributed by atoms with Crippen molar-refractivity contribution in [3.8, 4) is 0 Å². The number of pyridine rings is 1. The van der Waals surface area contributed by atoms with E-state index < -0.39 is 0 Å². The molecule has 2 aromatic carbocycles. The minimum absolute atomic E-state index is 0.0453. The average molecular weight is 373 g/mol. The third-order valence-electron chi connectivity index (χ3n) is 3.20. The number of aromatic nitrogens is 1. The van der Waals surface area contributed by atoms with Crippen LogP contribution in [0.15, 0.2) is 54.6 Å². The van der Waals surface area contributed by atoms with Crippen molar-refractivity contribution in [1.82, 2.24) is 4.98 Å². The van der Waals surface area contributed by atoms with Crippen LogP contribution in [0.5, 0.6) is 0 Å². The molecule has 0 N–H and O–H groups in total. The van der Waals surface area contributed by atoms with E-state index in [-0.39, 0.29) is 5.78 Å². The van der Waals surface area contributed by atoms with Crippen molar-refractivity contribution in [3.05, 3.63) is 75.0 Å². The van der Waals surface area contributed by atoms with Crippen LogP contribution in [0.25, 0.3) is 10.9 Å². The van der Waals surface area contributed by atoms with E-state index in [2.05, 4.69) is 27.6 Å². The number of benzene rings is 2. The van der Waals surface area contributed by atoms with Crippen molar-refractivity contribution >= 4 is 39.3 Å². The fourth-order valence-electron chi connectivity index (χ4n) is 2.14. The van der Waals surface area contributed by atoms with E-state index >= 15 is 0 Å². The number of rotatable bonds is 2. The van der Waals surface area contributed by atoms with Crippen LogP contribution in [0.4, 0.5) is 0 Å². The Balaban J connectivity index is 2.03. The molecule has 98 valence electrons. The first-order chi connectivity index (χ1) is 9.63. The van der Waals surface area contributed by atoms with E-state index in [1.165, 1.54) is 0 Å². The van der Waals surface area contributed by atoms with Crippen LogP contribution in [-0.4, -0.2) is 10.8 Å². The highest BCUT2D eigenvalue weighted by atomic mass is 127. The molecule has 0 saturated heterocycles. The zero-order chi connectivity index (χ0) is 14.1. The normalized spacial score (nSPS) is 10.7. The van der Waals surface area contributed by atoms with E-state index in [1.54, 1.807) is 0 Å². The molecule has 3 rings (SSSR count). The van der Waals surface area contributed by atoms with Crippen molar-refractivity contribution in [3.63, 3.8) is 0 Å². The topological polar surface area (TPSA) is 30.0 Å². The molecule has 0 atom stereocenters. The molecule has 0 aliphatic rings. The number of aryl methyl sites for hydroxylation is 1. The first-order valence-corrected chi connectivity index (χ1v) is 7.39. The van der Waals surface area contributed by atoms with Gasteiger partial charge in [0.15, 0.2) is 5.78 Å². The zero-order valence-electron chi connectivity index (χ0n) is 10.9. The Morgan fingerprint density at radius 1 is 0.950 bits per heavy atom. The Labute approximate surface area is 131 Å². The van der Waals surface area contributed by atoms with Gasteiger partial charge in [0.05, 0.1) is 5.52 Å². The first kappa shape index (κ1) is 13.2. The van der Waals surface area contributed by atoms with Crippen LogP contribution in [0.1, 0.15) is 21.6 Å². The quantitative estimate of drug-likeness (QED) is 0.493. The van der Waals surface area contributed by atoms with Gasteiger partial charge in [-0.2, -0.15) is 0 Å². The molecule has 1 heterocycles. The molecule has 3 heteroatoms. The van der Waals surface area contributed by atoms with Gasteiger partial charge in [0.2, 0.25) is 0 Å². The number of carbonyl (C=O) groups is 1. The number of nitrogens with zero attached hydrogens (tertiary/aromatic N) is 1. The molecule has 2 nitrogen and oxygen atoms in total. The number of fused-ring (bicyclic) bond motifs is 1. The Bertz CT molecular complexity index is 794. The highest BCUT2D eigenvalue weighted by molar-refractivity contribution is 14.1. The van der Waals surface area contributed by atoms with E-state index in [0.29, 0.717) is 11.1 Å². The summed E-state index contributed by atoms with van der Waals surface area (Å²) in [6.07, 6.45) is 0. The lowest BCUT2D eigenvalue weighted by molar-refractivity contribution is 0.103. The maximum Gasteiger partial charge on any atom is 0.193 e. The molecule has 0 bridgehead atoms. The Morgan fingerprint density at radius 2 is 1.65 bits per heavy atom. The van der Waals surface area contributed by atoms with Gasteiger partial charge in [0.25, 0.3) is 0 Å². The molecule has 0 aliphatic heterocycles. The summed E-state index contributed by atoms with van der Waals surface area (Å²) in [5.41, 5.74) is 3.31. The lowest BCUT2D eigenvalue weighted by atomic mass is 10.0. The second-order valence-electron chi connectivity index (χ2n) is 4.70. The molecule has 0 fully saturated rings. The summed E-state index contributed by atoms with van der Waals surface area (Å²) in [6.45, 7) is 1.96. The number of ketones is 1. The second kappa shape index (κ2) is 5.32. The van der Waals surface area contributed by atoms with Gasteiger partial charge in [0.1, 0.15) is 0 Å². The Kier molecular flexibility index (Phi) is 3.53. The van der Waals surface area contributed by atoms with E-state index in [4.69, 9.17) is 0 Å². The third kappa shape index (κ3) is 2.58. The molecule has 1 aromatic heterocycles. The Hall–Kier alpha value is -1.75. The summed E-state index contributed by atoms with van der Waals surface area (Å²) >= 11 is 2.23. The third-order valence-corrected chi connectivity index (χ3v) is 3.92. The minimum Gasteiger partial charge on any atom is -0.289 e. The maximum atomic E-state index is 12.4. The summed E-state index contributed by atoms with van der Waals surface area (Å²) in [5, 5.41) is 0.993. The summed E-state index contributed by atoms with van der Waals surface area (Å²) < 4.78 is 1.12. The SMILES string of the molecule is Cc1ccc2cc(C(=O)c3ccc(I)cc3)ccc2n1. The number of carbonyl (C=O) groups excluding carboxylic acids is 1. The van der Waals surface area contributed by atoms with Gasteiger partial charge in [0, 0.05) is 25.8 Å². The lowest BCUT2D eigenvalue weighted by Crippen LogP contribution is -2.01. The number of hydrogen-bond donors (Lipinski definition) is 0. The molecule has 0 radical (unpaired) electrons. The average Bonchev–Trinajstić information content (AvgIpc) is 2.47. The smallest absolute Gasteiger partial charge is 0.193 e. The monoisotopic (exact) mass is 373 g/mol. The predicted octanol–water partition coefficient (Wildman–Crippen LogP) is 4.38. The van der Waals surface area contributed by atoms with Crippen molar-refractivity contribution in [2.75, 3.05) is 0 Å². The second-order valence-corrected chi connectivity index (χ2v) is 5.94. The van der Waals surface area contributed by atoms with E-state index in [1.807, 2.05) is 61.5 Å². The van der Waals surface area contributed by atoms with Crippen LogP contribution in [0.3, 0.4) is 0 Å². The molecule has 0 spiro atoms. The van der Waals surface area contributed by atoms with Gasteiger partial charge >= 0.3 is 0 Å². The molecular weight excluding hydrogens is 361 g/mol. The lowest BCUT2D eigenvalue weighted by Gasteiger charge is -2.04. The van der Waals surface area contributed by atoms with Crippen molar-refractivity contribution < 1.29 is 4.79 Å². The highest BCUT2D eigenvalue weighted by Crippen LogP contribution is 2.18. The first-order valence-electron chi connectivity index (χ1n) is 6.31. The zero-order valence-corrected chi connectivity index (χ0v) is 13.1. The van der Waals surface area contributed by atoms with Crippen LogP contribution >= 0.6 is 22.6 Å². The number of hydrogen-bond acceptors (Lipinski definition) is 2. The van der Waals surface area contributed by atoms with Crippen molar-refractivity contribution in [1.29, 1.82) is 0 Å². The molecule has 0 unspecified atom stereocenters. The standard InChI is InChI=1S/C17H12INO/c1-11-2-3-13-10-14(6-9-16(13)19-11)17(20)12-4-7-15(18)8-5-12/h2-10H,1H3. The number of halogens is 1. The fourth-order valence-corrected chi connectivity index (χ4v) is 2.50. The van der Waals surface area contributed by atoms with Crippen molar-refractivity contribution in [2.45, 2.75) is 6.92 Å². The minimum atomic E-state index is 0.0453. The van der Waals surface area contributed by atoms with E-state index in [0.717, 1.165) is 20.2 Å². The van der Waals surface area contributed by atoms with Crippen LogP contribution in [-0.2, 0) is 0 Å². The summed E-state index contributed by atoms with van der Waals surface area (Å²) in [6, 6.07) is 17.2. The van der Waals surface area contributed by atoms with Crippen molar-refractivity contribution in [2.24, 2.45) is 0 Å². The van der Waals surface area contributed by atoms with Gasteiger partial charge in [-0.05, 0) is 78.0 Å². The molecule has 0 saturated carbocycles. The molecular formula is C17H12INO. The van der Waals surface area contributed by atoms with Crippen LogP contribution in [0.2, 0.25) is 0 Å². The largest absolute Gasteiger partial charge is 0.289 e. The van der Waals surface area contributed by atoms with Crippen LogP contribution in [0, 0.1) is 10.5 Å². The van der Waals surface area contributed by atoms with Gasteiger partial charge in [-0.1, -0.05) is 6.07 Å². The summed E-state index contributed by atoms with van der Waals surface area (Å²) in [4.78, 5) is 16.9. The summed E-state index contributed by atoms with van der Waals surface area (Å²) in [5.74, 6) is 0.0453. The maximum absolute atomic E-state index is 12.4. The van der Waals surface area contributed by atoms with Gasteiger partial charge in [-0.15, -0.1) is 0 Å². The Morgan fingerprint density at radius 3 is 2.40 bits per heavy atom. The molecule has 0 amide bonds. The van der Waals surface area contributed by atoms with Gasteiger partial charge < -0.3 is 0 Å². The fraction of sp³-hybridized carbons (Fsp3) is 0.0588. The van der Waals surface area contributed by atoms with Crippen LogP contribution < -0.4 is 0 Å².